The van der Waals surface area contributed by atoms with E-state index in [0.717, 1.165) is 19.8 Å². The van der Waals surface area contributed by atoms with Gasteiger partial charge in [-0.2, -0.15) is 5.10 Å². The molecule has 0 radical (unpaired) electrons. The number of nitrogens with zero attached hydrogens (tertiary/aromatic N) is 1. The number of carboxylic acid groups (broad SMARTS) is 2. The Hall–Kier alpha value is -7.19. The average molecular weight is 1190 g/mol. The fraction of sp³-hybridized carbons (Fsp3) is 0.508. The van der Waals surface area contributed by atoms with E-state index >= 15 is 0 Å². The number of methoxy groups -OCH3 is 1. The Morgan fingerprint density at radius 1 is 0.826 bits per heavy atom. The number of nitrogens with two attached hydrogens (primary N) is 1. The molecule has 4 aliphatic rings. The van der Waals surface area contributed by atoms with Crippen LogP contribution in [0.25, 0.3) is 0 Å². The van der Waals surface area contributed by atoms with Crippen LogP contribution in [0.2, 0.25) is 0 Å². The number of aliphatic carboxylic acids is 2. The molecule has 1 heterocycles. The molecule has 23 nitrogen and oxygen atoms in total. The minimum atomic E-state index is -2.44. The van der Waals surface area contributed by atoms with Crippen molar-refractivity contribution in [3.63, 3.8) is 0 Å². The highest BCUT2D eigenvalue weighted by Crippen LogP contribution is 2.53. The summed E-state index contributed by atoms with van der Waals surface area (Å²) in [6.07, 6.45) is -2.24. The summed E-state index contributed by atoms with van der Waals surface area (Å²) in [5.74, 6) is -17.6. The summed E-state index contributed by atoms with van der Waals surface area (Å²) >= 11 is 0. The summed E-state index contributed by atoms with van der Waals surface area (Å²) in [7, 11) is 1.30. The lowest BCUT2D eigenvalue weighted by Gasteiger charge is -2.44. The maximum atomic E-state index is 14.9. The van der Waals surface area contributed by atoms with E-state index in [0.29, 0.717) is 25.0 Å². The van der Waals surface area contributed by atoms with Crippen LogP contribution in [0, 0.1) is 29.6 Å². The molecule has 4 aromatic carbocycles. The fourth-order valence-electron chi connectivity index (χ4n) is 12.9. The molecule has 86 heavy (non-hydrogen) atoms. The Balaban J connectivity index is 1.18. The number of benzene rings is 4. The highest BCUT2D eigenvalue weighted by atomic mass is 16.7. The predicted molar refractivity (Wildman–Crippen MR) is 306 cm³/mol. The van der Waals surface area contributed by atoms with E-state index in [-0.39, 0.29) is 52.3 Å². The Labute approximate surface area is 497 Å². The van der Waals surface area contributed by atoms with Crippen molar-refractivity contribution in [3.8, 4) is 17.2 Å². The summed E-state index contributed by atoms with van der Waals surface area (Å²) in [6, 6.07) is 20.3. The van der Waals surface area contributed by atoms with Gasteiger partial charge in [-0.1, -0.05) is 93.6 Å². The molecule has 13 atom stereocenters. The number of aliphatic hydroxyl groups excluding tert-OH is 4. The third kappa shape index (κ3) is 13.4. The second kappa shape index (κ2) is 27.7. The number of aliphatic hydroxyl groups is 5. The van der Waals surface area contributed by atoms with E-state index in [1.807, 2.05) is 6.92 Å². The SMILES string of the molecule is COc1cccc2c1C(=O)c1c(O)c3c(c(O)c1C2=O)C[C@](O)(C(CO)=NNC(=O)C(CC(c1ccccc1)C(C(=O)NC(CO)(CO)CO)C(CC(C)c1ccccc1)C(=O)O)C(C)C(=O)[O-])C[C@H]3O[C@H]1CC(C)[C@H](O[C@H]2CCCCO2)C(N)C1. The number of amides is 2. The van der Waals surface area contributed by atoms with Crippen LogP contribution in [0.15, 0.2) is 84.0 Å². The van der Waals surface area contributed by atoms with Gasteiger partial charge in [0.25, 0.3) is 0 Å². The minimum absolute atomic E-state index is 0.0250. The quantitative estimate of drug-likeness (QED) is 0.0227. The lowest BCUT2D eigenvalue weighted by molar-refractivity contribution is -0.312. The maximum absolute atomic E-state index is 14.9. The molecule has 2 amide bonds. The molecule has 8 unspecified atom stereocenters. The normalized spacial score (nSPS) is 24.4. The van der Waals surface area contributed by atoms with Crippen molar-refractivity contribution in [1.29, 1.82) is 0 Å². The van der Waals surface area contributed by atoms with Crippen LogP contribution < -0.4 is 26.3 Å². The fourth-order valence-corrected chi connectivity index (χ4v) is 12.9. The Morgan fingerprint density at radius 2 is 1.48 bits per heavy atom. The molecule has 1 saturated carbocycles. The summed E-state index contributed by atoms with van der Waals surface area (Å²) < 4.78 is 24.4. The van der Waals surface area contributed by atoms with E-state index in [4.69, 9.17) is 24.7 Å². The number of ether oxygens (including phenoxy) is 4. The molecule has 0 spiro atoms. The number of hydrogen-bond acceptors (Lipinski definition) is 20. The van der Waals surface area contributed by atoms with Gasteiger partial charge in [-0.15, -0.1) is 0 Å². The number of hydrazone groups is 1. The van der Waals surface area contributed by atoms with Gasteiger partial charge in [0.15, 0.2) is 12.1 Å². The van der Waals surface area contributed by atoms with Crippen molar-refractivity contribution in [2.24, 2.45) is 40.4 Å². The van der Waals surface area contributed by atoms with Crippen LogP contribution in [-0.4, -0.2) is 158 Å². The number of phenols is 2. The van der Waals surface area contributed by atoms with Gasteiger partial charge in [0.1, 0.15) is 28.4 Å². The van der Waals surface area contributed by atoms with Gasteiger partial charge in [0, 0.05) is 60.0 Å². The number of phenolic OH excluding ortho intramolecular Hbond substituents is 2. The van der Waals surface area contributed by atoms with Gasteiger partial charge in [0.05, 0.1) is 86.1 Å². The van der Waals surface area contributed by atoms with Crippen molar-refractivity contribution >= 4 is 41.0 Å². The first-order valence-electron chi connectivity index (χ1n) is 29.0. The largest absolute Gasteiger partial charge is 0.550 e. The molecule has 1 aliphatic heterocycles. The molecule has 0 aromatic heterocycles. The zero-order chi connectivity index (χ0) is 62.4. The van der Waals surface area contributed by atoms with E-state index in [1.54, 1.807) is 67.6 Å². The zero-order valence-electron chi connectivity index (χ0n) is 48.4. The van der Waals surface area contributed by atoms with Gasteiger partial charge in [-0.05, 0) is 79.9 Å². The van der Waals surface area contributed by atoms with Crippen molar-refractivity contribution in [2.45, 2.75) is 132 Å². The molecule has 2 fully saturated rings. The summed E-state index contributed by atoms with van der Waals surface area (Å²) in [5.41, 5.74) is 3.08. The molecule has 1 saturated heterocycles. The summed E-state index contributed by atoms with van der Waals surface area (Å²) in [4.78, 5) is 85.3. The number of hydrogen-bond donors (Lipinski definition) is 11. The number of fused-ring (bicyclic) bond motifs is 3. The number of carboxylic acids is 2. The van der Waals surface area contributed by atoms with Crippen molar-refractivity contribution in [1.82, 2.24) is 10.7 Å². The molecule has 8 rings (SSSR count). The van der Waals surface area contributed by atoms with Crippen LogP contribution in [0.5, 0.6) is 17.2 Å². The number of aromatic hydroxyl groups is 2. The lowest BCUT2D eigenvalue weighted by atomic mass is 9.69. The van der Waals surface area contributed by atoms with E-state index < -0.39 is 187 Å². The Morgan fingerprint density at radius 3 is 2.06 bits per heavy atom. The first kappa shape index (κ1) is 64.8. The molecule has 3 aliphatic carbocycles. The highest BCUT2D eigenvalue weighted by molar-refractivity contribution is 6.31. The van der Waals surface area contributed by atoms with Crippen LogP contribution in [0.1, 0.15) is 144 Å². The van der Waals surface area contributed by atoms with Gasteiger partial charge in [-0.25, -0.2) is 5.43 Å². The first-order valence-corrected chi connectivity index (χ1v) is 29.0. The molecular weight excluding hydrogens is 1120 g/mol. The van der Waals surface area contributed by atoms with Gasteiger partial charge in [-0.3, -0.25) is 24.0 Å². The van der Waals surface area contributed by atoms with E-state index in [9.17, 15) is 74.7 Å². The topological polar surface area (TPSA) is 387 Å². The van der Waals surface area contributed by atoms with E-state index in [2.05, 4.69) is 15.8 Å². The number of nitrogens with one attached hydrogen (secondary N) is 2. The second-order valence-electron chi connectivity index (χ2n) is 23.5. The Bertz CT molecular complexity index is 3130. The number of carbonyl (C=O) groups is 6. The summed E-state index contributed by atoms with van der Waals surface area (Å²) in [6.45, 7) is 1.27. The van der Waals surface area contributed by atoms with E-state index in [1.165, 1.54) is 25.3 Å². The molecule has 4 aromatic rings. The zero-order valence-corrected chi connectivity index (χ0v) is 48.4. The molecule has 23 heteroatoms. The monoisotopic (exact) mass is 1190 g/mol. The first-order chi connectivity index (χ1) is 41.1. The van der Waals surface area contributed by atoms with Crippen LogP contribution >= 0.6 is 0 Å². The Kier molecular flexibility index (Phi) is 20.8. The van der Waals surface area contributed by atoms with Gasteiger partial charge in [0.2, 0.25) is 17.6 Å². The van der Waals surface area contributed by atoms with Gasteiger partial charge >= 0.3 is 5.97 Å². The molecule has 464 valence electrons. The molecule has 0 bridgehead atoms. The minimum Gasteiger partial charge on any atom is -0.550 e. The summed E-state index contributed by atoms with van der Waals surface area (Å²) in [5, 5.41) is 111. The van der Waals surface area contributed by atoms with Crippen LogP contribution in [-0.2, 0) is 39.8 Å². The smallest absolute Gasteiger partial charge is 0.307 e. The third-order valence-electron chi connectivity index (χ3n) is 17.8. The maximum Gasteiger partial charge on any atom is 0.307 e. The van der Waals surface area contributed by atoms with Crippen LogP contribution in [0.4, 0.5) is 0 Å². The van der Waals surface area contributed by atoms with Crippen molar-refractivity contribution in [2.75, 3.05) is 40.1 Å². The molecule has 12 N–H and O–H groups in total. The number of rotatable bonds is 25. The number of ketones is 2. The lowest BCUT2D eigenvalue weighted by Crippen LogP contribution is -2.59. The predicted octanol–water partition coefficient (Wildman–Crippen LogP) is 2.64. The third-order valence-corrected chi connectivity index (χ3v) is 17.8. The van der Waals surface area contributed by atoms with Crippen LogP contribution in [0.3, 0.4) is 0 Å². The van der Waals surface area contributed by atoms with Crippen molar-refractivity contribution < 1.29 is 93.7 Å². The average Bonchev–Trinajstić information content (AvgIpc) is 0.882. The van der Waals surface area contributed by atoms with Gasteiger partial charge < -0.3 is 80.8 Å². The second-order valence-corrected chi connectivity index (χ2v) is 23.5. The molecular formula is C63H77N4O19-. The van der Waals surface area contributed by atoms with Crippen molar-refractivity contribution in [3.05, 3.63) is 123 Å². The standard InChI is InChI=1S/C63H78N4O19/c1-32(35-14-7-5-8-15-35)23-41(61(80)81)48(59(77)65-62(29-69,30-70)31-71)40(36-16-9-6-10-17-36)25-39(34(3)60(78)79)58(76)67-66-46(28-68)63(82)26-42-50(45(27-63)85-37-22-33(2)57(43(64)24-37)86-47-20-11-12-21-84-47)56(75)52-51(54(42)73)53(72)38-18-13-19-44(83-4)49(38)55(52)74/h5-10,13-19,32-34,37,39-41,43,45,47-48,57,68-71,73,75,82H,11-12,20-31,64H2,1-4H3,(H,65,77)(H,67,76)(H,78,79)(H,80,81)/p-1/t32?,33?,34?,37-,39?,40?,41?,43?,45+,47-,48?,57-,63+/m0/s1. The highest BCUT2D eigenvalue weighted by Gasteiger charge is 2.51. The number of carbonyl (C=O) groups excluding carboxylic acids is 5.